The summed E-state index contributed by atoms with van der Waals surface area (Å²) in [5.41, 5.74) is 2.67. The van der Waals surface area contributed by atoms with Crippen LogP contribution in [0.3, 0.4) is 0 Å². The number of carbonyl (C=O) groups excluding carboxylic acids is 1. The van der Waals surface area contributed by atoms with E-state index in [0.29, 0.717) is 36.6 Å². The highest BCUT2D eigenvalue weighted by Gasteiger charge is 2.37. The number of aryl methyl sites for hydroxylation is 1. The van der Waals surface area contributed by atoms with Crippen LogP contribution in [-0.2, 0) is 20.9 Å². The Kier molecular flexibility index (Phi) is 10.0. The maximum absolute atomic E-state index is 13.0. The van der Waals surface area contributed by atoms with E-state index < -0.39 is 4.93 Å². The van der Waals surface area contributed by atoms with Crippen LogP contribution in [0.2, 0.25) is 0 Å². The van der Waals surface area contributed by atoms with E-state index in [1.165, 1.54) is 0 Å². The molecule has 0 heterocycles. The van der Waals surface area contributed by atoms with Crippen molar-refractivity contribution < 1.29 is 19.0 Å². The second-order valence-corrected chi connectivity index (χ2v) is 7.62. The monoisotopic (exact) mass is 451 g/mol. The van der Waals surface area contributed by atoms with Gasteiger partial charge in [0.25, 0.3) is 5.91 Å². The third-order valence-corrected chi connectivity index (χ3v) is 5.23. The molecule has 2 rings (SSSR count). The molecule has 2 aromatic rings. The van der Waals surface area contributed by atoms with Gasteiger partial charge in [0.15, 0.2) is 11.5 Å². The van der Waals surface area contributed by atoms with Crippen LogP contribution in [-0.4, -0.2) is 32.8 Å². The van der Waals surface area contributed by atoms with E-state index in [2.05, 4.69) is 35.7 Å². The Bertz CT molecular complexity index is 1000. The number of methoxy groups -OCH3 is 1. The second kappa shape index (κ2) is 12.7. The summed E-state index contributed by atoms with van der Waals surface area (Å²) in [5, 5.41) is 2.89. The zero-order chi connectivity index (χ0) is 23.4. The van der Waals surface area contributed by atoms with Gasteiger partial charge in [0.2, 0.25) is 4.93 Å². The molecule has 0 aliphatic heterocycles. The van der Waals surface area contributed by atoms with E-state index in [9.17, 15) is 4.79 Å². The molecule has 0 aliphatic carbocycles. The van der Waals surface area contributed by atoms with Gasteiger partial charge in [0.05, 0.1) is 7.11 Å². The molecule has 0 spiro atoms. The van der Waals surface area contributed by atoms with Crippen LogP contribution in [0, 0.1) is 31.1 Å². The zero-order valence-corrected chi connectivity index (χ0v) is 19.6. The summed E-state index contributed by atoms with van der Waals surface area (Å²) in [6.45, 7) is 4.61. The normalized spacial score (nSPS) is 12.0. The minimum Gasteiger partial charge on any atom is -0.493 e. The van der Waals surface area contributed by atoms with Crippen molar-refractivity contribution in [1.82, 2.24) is 5.32 Å². The lowest BCUT2D eigenvalue weighted by Crippen LogP contribution is -2.43. The first kappa shape index (κ1) is 25.2. The summed E-state index contributed by atoms with van der Waals surface area (Å²) >= 11 is 4.55. The molecule has 0 saturated carbocycles. The number of rotatable bonds is 10. The number of terminal acetylenes is 1. The number of amides is 1. The molecule has 32 heavy (non-hydrogen) atoms. The summed E-state index contributed by atoms with van der Waals surface area (Å²) in [6, 6.07) is 13.1. The van der Waals surface area contributed by atoms with Crippen molar-refractivity contribution in [2.24, 2.45) is 0 Å². The third-order valence-electron chi connectivity index (χ3n) is 4.64. The van der Waals surface area contributed by atoms with E-state index in [-0.39, 0.29) is 12.5 Å². The van der Waals surface area contributed by atoms with Crippen molar-refractivity contribution in [1.29, 1.82) is 0 Å². The topological polar surface area (TPSA) is 56.8 Å². The quantitative estimate of drug-likeness (QED) is 0.327. The summed E-state index contributed by atoms with van der Waals surface area (Å²) in [6.07, 6.45) is 6.71. The molecule has 2 aromatic carbocycles. The van der Waals surface area contributed by atoms with E-state index in [1.807, 2.05) is 56.3 Å². The average Bonchev–Trinajstić information content (AvgIpc) is 2.81. The fraction of sp³-hybridized carbons (Fsp3) is 0.346. The summed E-state index contributed by atoms with van der Waals surface area (Å²) in [5.74, 6) is 9.16. The van der Waals surface area contributed by atoms with E-state index >= 15 is 0 Å². The molecule has 168 valence electrons. The molecular weight excluding hydrogens is 422 g/mol. The maximum Gasteiger partial charge on any atom is 0.267 e. The Balaban J connectivity index is 2.03. The lowest BCUT2D eigenvalue weighted by Gasteiger charge is -2.27. The molecule has 1 amide bonds. The second-order valence-electron chi connectivity index (χ2n) is 6.99. The van der Waals surface area contributed by atoms with Crippen LogP contribution in [0.4, 0.5) is 0 Å². The standard InChI is InChI=1S/C26H29NO4S/c1-5-7-8-18-30-23-14-11-21(19-24(23)29-4)15-16-27-25(28)26(32,31-17-6-2)22-12-9-20(3)10-13-22/h2,9-14,19,32H,5,15-18H2,1,3-4H3,(H,27,28). The average molecular weight is 452 g/mol. The fourth-order valence-electron chi connectivity index (χ4n) is 2.92. The highest BCUT2D eigenvalue weighted by Crippen LogP contribution is 2.31. The number of hydrogen-bond acceptors (Lipinski definition) is 5. The van der Waals surface area contributed by atoms with Crippen molar-refractivity contribution in [3.63, 3.8) is 0 Å². The number of benzene rings is 2. The first-order chi connectivity index (χ1) is 15.4. The maximum atomic E-state index is 13.0. The van der Waals surface area contributed by atoms with Crippen molar-refractivity contribution in [3.05, 3.63) is 59.2 Å². The smallest absolute Gasteiger partial charge is 0.267 e. The highest BCUT2D eigenvalue weighted by atomic mass is 32.1. The molecule has 0 bridgehead atoms. The van der Waals surface area contributed by atoms with Crippen molar-refractivity contribution in [2.45, 2.75) is 31.6 Å². The summed E-state index contributed by atoms with van der Waals surface area (Å²) < 4.78 is 16.7. The first-order valence-electron chi connectivity index (χ1n) is 10.3. The number of thiol groups is 1. The lowest BCUT2D eigenvalue weighted by atomic mass is 10.1. The minimum absolute atomic E-state index is 0.0356. The van der Waals surface area contributed by atoms with Gasteiger partial charge in [-0.25, -0.2) is 0 Å². The number of nitrogens with one attached hydrogen (secondary N) is 1. The molecule has 0 aliphatic rings. The van der Waals surface area contributed by atoms with Crippen LogP contribution >= 0.6 is 12.6 Å². The predicted molar refractivity (Wildman–Crippen MR) is 130 cm³/mol. The van der Waals surface area contributed by atoms with Crippen LogP contribution in [0.15, 0.2) is 42.5 Å². The first-order valence-corrected chi connectivity index (χ1v) is 10.8. The number of ether oxygens (including phenoxy) is 3. The largest absolute Gasteiger partial charge is 0.493 e. The fourth-order valence-corrected chi connectivity index (χ4v) is 3.22. The van der Waals surface area contributed by atoms with Crippen LogP contribution in [0.25, 0.3) is 0 Å². The molecule has 6 heteroatoms. The molecule has 1 unspecified atom stereocenters. The van der Waals surface area contributed by atoms with Gasteiger partial charge in [-0.1, -0.05) is 54.7 Å². The van der Waals surface area contributed by atoms with E-state index in [4.69, 9.17) is 20.6 Å². The van der Waals surface area contributed by atoms with Gasteiger partial charge in [0.1, 0.15) is 13.2 Å². The number of hydrogen-bond donors (Lipinski definition) is 2. The predicted octanol–water partition coefficient (Wildman–Crippen LogP) is 3.89. The van der Waals surface area contributed by atoms with Gasteiger partial charge in [0, 0.05) is 18.5 Å². The van der Waals surface area contributed by atoms with Gasteiger partial charge >= 0.3 is 0 Å². The Morgan fingerprint density at radius 1 is 1.12 bits per heavy atom. The minimum atomic E-state index is -1.48. The molecule has 1 atom stereocenters. The molecule has 0 fully saturated rings. The van der Waals surface area contributed by atoms with Crippen LogP contribution in [0.1, 0.15) is 30.0 Å². The van der Waals surface area contributed by atoms with Crippen LogP contribution < -0.4 is 14.8 Å². The van der Waals surface area contributed by atoms with E-state index in [1.54, 1.807) is 7.11 Å². The summed E-state index contributed by atoms with van der Waals surface area (Å²) in [4.78, 5) is 11.5. The lowest BCUT2D eigenvalue weighted by molar-refractivity contribution is -0.135. The van der Waals surface area contributed by atoms with Gasteiger partial charge in [-0.15, -0.1) is 25.0 Å². The van der Waals surface area contributed by atoms with Gasteiger partial charge in [-0.05, 0) is 31.0 Å². The highest BCUT2D eigenvalue weighted by molar-refractivity contribution is 7.82. The van der Waals surface area contributed by atoms with Gasteiger partial charge in [-0.2, -0.15) is 0 Å². The zero-order valence-electron chi connectivity index (χ0n) is 18.7. The van der Waals surface area contributed by atoms with Crippen molar-refractivity contribution in [2.75, 3.05) is 26.9 Å². The summed E-state index contributed by atoms with van der Waals surface area (Å²) in [7, 11) is 1.59. The molecule has 1 N–H and O–H groups in total. The Morgan fingerprint density at radius 3 is 2.53 bits per heavy atom. The Hall–Kier alpha value is -3.06. The molecule has 5 nitrogen and oxygen atoms in total. The number of carbonyl (C=O) groups is 1. The van der Waals surface area contributed by atoms with E-state index in [0.717, 1.165) is 17.5 Å². The van der Waals surface area contributed by atoms with Crippen molar-refractivity contribution >= 4 is 18.5 Å². The third kappa shape index (κ3) is 6.99. The van der Waals surface area contributed by atoms with Crippen molar-refractivity contribution in [3.8, 4) is 35.7 Å². The Labute approximate surface area is 196 Å². The van der Waals surface area contributed by atoms with Gasteiger partial charge < -0.3 is 19.5 Å². The molecular formula is C26H29NO4S. The van der Waals surface area contributed by atoms with Gasteiger partial charge in [-0.3, -0.25) is 4.79 Å². The molecule has 0 saturated heterocycles. The SMILES string of the molecule is C#CCOC(S)(C(=O)NCCc1ccc(OCC#CCC)c(OC)c1)c1ccc(C)cc1. The van der Waals surface area contributed by atoms with Crippen LogP contribution in [0.5, 0.6) is 11.5 Å². The molecule has 0 radical (unpaired) electrons. The molecule has 0 aromatic heterocycles. The Morgan fingerprint density at radius 2 is 1.88 bits per heavy atom.